The molecule has 0 aromatic carbocycles. The minimum Gasteiger partial charge on any atom is -0.476 e. The molecule has 0 bridgehead atoms. The largest absolute Gasteiger partial charge is 0.476 e. The Labute approximate surface area is 85.7 Å². The third-order valence-corrected chi connectivity index (χ3v) is 2.73. The first kappa shape index (κ1) is 9.36. The second kappa shape index (κ2) is 3.89. The summed E-state index contributed by atoms with van der Waals surface area (Å²) in [5.41, 5.74) is 5.36. The standard InChI is InChI=1S/C9H11N3OS/c1-6-4-7-8(13-3-2-10)11-5-12-9(7)14-6/h4-5H,2-3,10H2,1H3. The van der Waals surface area contributed by atoms with Gasteiger partial charge in [-0.2, -0.15) is 0 Å². The van der Waals surface area contributed by atoms with E-state index in [0.29, 0.717) is 19.0 Å². The first-order valence-electron chi connectivity index (χ1n) is 4.35. The zero-order chi connectivity index (χ0) is 9.97. The van der Waals surface area contributed by atoms with Crippen molar-refractivity contribution >= 4 is 21.6 Å². The fraction of sp³-hybridized carbons (Fsp3) is 0.333. The second-order valence-corrected chi connectivity index (χ2v) is 4.13. The molecule has 2 aromatic heterocycles. The fourth-order valence-electron chi connectivity index (χ4n) is 1.22. The highest BCUT2D eigenvalue weighted by Gasteiger charge is 2.06. The molecule has 2 heterocycles. The Balaban J connectivity index is 2.42. The Kier molecular flexibility index (Phi) is 2.60. The molecule has 0 fully saturated rings. The fourth-order valence-corrected chi connectivity index (χ4v) is 2.06. The molecular formula is C9H11N3OS. The van der Waals surface area contributed by atoms with E-state index in [1.807, 2.05) is 13.0 Å². The molecule has 0 spiro atoms. The lowest BCUT2D eigenvalue weighted by atomic mass is 10.4. The van der Waals surface area contributed by atoms with Crippen molar-refractivity contribution in [3.05, 3.63) is 17.3 Å². The Morgan fingerprint density at radius 3 is 3.14 bits per heavy atom. The van der Waals surface area contributed by atoms with E-state index in [4.69, 9.17) is 10.5 Å². The van der Waals surface area contributed by atoms with E-state index in [-0.39, 0.29) is 0 Å². The summed E-state index contributed by atoms with van der Waals surface area (Å²) in [5.74, 6) is 0.629. The lowest BCUT2D eigenvalue weighted by Crippen LogP contribution is -2.11. The summed E-state index contributed by atoms with van der Waals surface area (Å²) in [7, 11) is 0. The van der Waals surface area contributed by atoms with Crippen LogP contribution in [0.2, 0.25) is 0 Å². The van der Waals surface area contributed by atoms with Gasteiger partial charge in [-0.25, -0.2) is 9.97 Å². The summed E-state index contributed by atoms with van der Waals surface area (Å²) in [5, 5.41) is 0.975. The van der Waals surface area contributed by atoms with Gasteiger partial charge in [-0.15, -0.1) is 11.3 Å². The van der Waals surface area contributed by atoms with Gasteiger partial charge in [-0.3, -0.25) is 0 Å². The Morgan fingerprint density at radius 2 is 2.36 bits per heavy atom. The molecular weight excluding hydrogens is 198 g/mol. The maximum absolute atomic E-state index is 5.41. The monoisotopic (exact) mass is 209 g/mol. The zero-order valence-electron chi connectivity index (χ0n) is 7.86. The molecule has 2 rings (SSSR count). The van der Waals surface area contributed by atoms with Crippen molar-refractivity contribution in [2.45, 2.75) is 6.92 Å². The first-order valence-corrected chi connectivity index (χ1v) is 5.17. The van der Waals surface area contributed by atoms with Gasteiger partial charge in [-0.05, 0) is 13.0 Å². The quantitative estimate of drug-likeness (QED) is 0.828. The number of nitrogens with zero attached hydrogens (tertiary/aromatic N) is 2. The Hall–Kier alpha value is -1.20. The third-order valence-electron chi connectivity index (χ3n) is 1.77. The minimum absolute atomic E-state index is 0.487. The van der Waals surface area contributed by atoms with Gasteiger partial charge < -0.3 is 10.5 Å². The van der Waals surface area contributed by atoms with Crippen molar-refractivity contribution in [3.63, 3.8) is 0 Å². The Morgan fingerprint density at radius 1 is 1.50 bits per heavy atom. The van der Waals surface area contributed by atoms with Crippen LogP contribution in [0.3, 0.4) is 0 Å². The van der Waals surface area contributed by atoms with E-state index >= 15 is 0 Å². The smallest absolute Gasteiger partial charge is 0.225 e. The average molecular weight is 209 g/mol. The normalized spacial score (nSPS) is 10.7. The van der Waals surface area contributed by atoms with Crippen LogP contribution in [-0.2, 0) is 0 Å². The summed E-state index contributed by atoms with van der Waals surface area (Å²) in [4.78, 5) is 10.4. The molecule has 2 aromatic rings. The van der Waals surface area contributed by atoms with Crippen molar-refractivity contribution in [2.75, 3.05) is 13.2 Å². The molecule has 14 heavy (non-hydrogen) atoms. The number of hydrogen-bond donors (Lipinski definition) is 1. The summed E-state index contributed by atoms with van der Waals surface area (Å²) < 4.78 is 5.41. The number of fused-ring (bicyclic) bond motifs is 1. The molecule has 0 aliphatic heterocycles. The number of rotatable bonds is 3. The van der Waals surface area contributed by atoms with E-state index in [9.17, 15) is 0 Å². The molecule has 5 heteroatoms. The highest BCUT2D eigenvalue weighted by atomic mass is 32.1. The van der Waals surface area contributed by atoms with Gasteiger partial charge in [0.15, 0.2) is 0 Å². The maximum atomic E-state index is 5.41. The predicted molar refractivity (Wildman–Crippen MR) is 56.7 cm³/mol. The van der Waals surface area contributed by atoms with Gasteiger partial charge in [0.25, 0.3) is 0 Å². The number of aryl methyl sites for hydroxylation is 1. The van der Waals surface area contributed by atoms with E-state index in [1.165, 1.54) is 11.2 Å². The molecule has 0 unspecified atom stereocenters. The Bertz CT molecular complexity index is 441. The molecule has 2 N–H and O–H groups in total. The lowest BCUT2D eigenvalue weighted by Gasteiger charge is -2.02. The van der Waals surface area contributed by atoms with Crippen molar-refractivity contribution < 1.29 is 4.74 Å². The van der Waals surface area contributed by atoms with Gasteiger partial charge in [0, 0.05) is 11.4 Å². The molecule has 4 nitrogen and oxygen atoms in total. The number of aromatic nitrogens is 2. The summed E-state index contributed by atoms with van der Waals surface area (Å²) in [6.45, 7) is 3.02. The van der Waals surface area contributed by atoms with Crippen LogP contribution in [0.4, 0.5) is 0 Å². The lowest BCUT2D eigenvalue weighted by molar-refractivity contribution is 0.319. The van der Waals surface area contributed by atoms with Crippen molar-refractivity contribution in [3.8, 4) is 5.88 Å². The second-order valence-electron chi connectivity index (χ2n) is 2.89. The van der Waals surface area contributed by atoms with Crippen molar-refractivity contribution in [2.24, 2.45) is 5.73 Å². The average Bonchev–Trinajstić information content (AvgIpc) is 2.55. The van der Waals surface area contributed by atoms with Gasteiger partial charge >= 0.3 is 0 Å². The molecule has 0 radical (unpaired) electrons. The number of thiophene rings is 1. The van der Waals surface area contributed by atoms with Gasteiger partial charge in [0.05, 0.1) is 5.39 Å². The predicted octanol–water partition coefficient (Wildman–Crippen LogP) is 1.34. The van der Waals surface area contributed by atoms with E-state index in [1.54, 1.807) is 11.3 Å². The molecule has 0 aliphatic rings. The molecule has 0 saturated heterocycles. The highest BCUT2D eigenvalue weighted by Crippen LogP contribution is 2.28. The van der Waals surface area contributed by atoms with Crippen LogP contribution in [0, 0.1) is 6.92 Å². The molecule has 74 valence electrons. The van der Waals surface area contributed by atoms with Crippen LogP contribution in [0.1, 0.15) is 4.88 Å². The highest BCUT2D eigenvalue weighted by molar-refractivity contribution is 7.18. The van der Waals surface area contributed by atoms with Gasteiger partial charge in [0.2, 0.25) is 5.88 Å². The van der Waals surface area contributed by atoms with Crippen LogP contribution in [0.15, 0.2) is 12.4 Å². The molecule has 0 atom stereocenters. The number of hydrogen-bond acceptors (Lipinski definition) is 5. The molecule has 0 amide bonds. The molecule has 0 aliphatic carbocycles. The summed E-state index contributed by atoms with van der Waals surface area (Å²) in [6.07, 6.45) is 1.52. The third kappa shape index (κ3) is 1.69. The zero-order valence-corrected chi connectivity index (χ0v) is 8.67. The van der Waals surface area contributed by atoms with Crippen LogP contribution in [-0.4, -0.2) is 23.1 Å². The van der Waals surface area contributed by atoms with E-state index < -0.39 is 0 Å². The number of ether oxygens (including phenoxy) is 1. The minimum atomic E-state index is 0.487. The van der Waals surface area contributed by atoms with Gasteiger partial charge in [-0.1, -0.05) is 0 Å². The topological polar surface area (TPSA) is 61.0 Å². The maximum Gasteiger partial charge on any atom is 0.225 e. The number of nitrogens with two attached hydrogens (primary N) is 1. The van der Waals surface area contributed by atoms with Crippen LogP contribution >= 0.6 is 11.3 Å². The van der Waals surface area contributed by atoms with E-state index in [0.717, 1.165) is 10.2 Å². The van der Waals surface area contributed by atoms with Crippen molar-refractivity contribution in [1.29, 1.82) is 0 Å². The SMILES string of the molecule is Cc1cc2c(OCCN)ncnc2s1. The first-order chi connectivity index (χ1) is 6.81. The van der Waals surface area contributed by atoms with E-state index in [2.05, 4.69) is 9.97 Å². The van der Waals surface area contributed by atoms with Crippen LogP contribution in [0.5, 0.6) is 5.88 Å². The summed E-state index contributed by atoms with van der Waals surface area (Å²) >= 11 is 1.64. The molecule has 0 saturated carbocycles. The van der Waals surface area contributed by atoms with Gasteiger partial charge in [0.1, 0.15) is 17.8 Å². The van der Waals surface area contributed by atoms with Crippen LogP contribution in [0.25, 0.3) is 10.2 Å². The summed E-state index contributed by atoms with van der Waals surface area (Å²) in [6, 6.07) is 2.03. The van der Waals surface area contributed by atoms with Crippen molar-refractivity contribution in [1.82, 2.24) is 9.97 Å². The van der Waals surface area contributed by atoms with Crippen LogP contribution < -0.4 is 10.5 Å².